The molecule has 1 N–H and O–H groups in total. The average Bonchev–Trinajstić information content (AvgIpc) is 3.15. The van der Waals surface area contributed by atoms with Gasteiger partial charge in [0.2, 0.25) is 5.91 Å². The first kappa shape index (κ1) is 15.3. The van der Waals surface area contributed by atoms with Crippen LogP contribution in [0.3, 0.4) is 0 Å². The van der Waals surface area contributed by atoms with E-state index >= 15 is 0 Å². The highest BCUT2D eigenvalue weighted by atomic mass is 32.2. The molecule has 0 aliphatic heterocycles. The number of aryl methyl sites for hydroxylation is 2. The second-order valence-electron chi connectivity index (χ2n) is 4.90. The van der Waals surface area contributed by atoms with E-state index in [4.69, 9.17) is 4.42 Å². The summed E-state index contributed by atoms with van der Waals surface area (Å²) in [6.45, 7) is 2.02. The first-order chi connectivity index (χ1) is 11.1. The van der Waals surface area contributed by atoms with Crippen LogP contribution >= 0.6 is 11.8 Å². The molecule has 3 rings (SSSR count). The van der Waals surface area contributed by atoms with E-state index in [1.54, 1.807) is 24.0 Å². The minimum atomic E-state index is -0.198. The van der Waals surface area contributed by atoms with Crippen LogP contribution in [0, 0.1) is 6.92 Å². The van der Waals surface area contributed by atoms with Gasteiger partial charge in [0.15, 0.2) is 0 Å². The van der Waals surface area contributed by atoms with Crippen molar-refractivity contribution in [2.75, 3.05) is 11.1 Å². The summed E-state index contributed by atoms with van der Waals surface area (Å²) in [6.07, 6.45) is 1.63. The quantitative estimate of drug-likeness (QED) is 0.724. The van der Waals surface area contributed by atoms with Crippen LogP contribution in [0.25, 0.3) is 11.6 Å². The lowest BCUT2D eigenvalue weighted by Crippen LogP contribution is -2.14. The zero-order chi connectivity index (χ0) is 16.2. The molecule has 0 fully saturated rings. The lowest BCUT2D eigenvalue weighted by atomic mass is 10.2. The van der Waals surface area contributed by atoms with Crippen molar-refractivity contribution < 1.29 is 9.21 Å². The average molecular weight is 329 g/mol. The molecule has 0 bridgehead atoms. The largest absolute Gasteiger partial charge is 0.401 e. The summed E-state index contributed by atoms with van der Waals surface area (Å²) >= 11 is 1.45. The Kier molecular flexibility index (Phi) is 4.42. The summed E-state index contributed by atoms with van der Waals surface area (Å²) in [5, 5.41) is 14.3. The summed E-state index contributed by atoms with van der Waals surface area (Å²) < 4.78 is 7.04. The first-order valence-electron chi connectivity index (χ1n) is 6.93. The number of carbonyl (C=O) groups is 1. The van der Waals surface area contributed by atoms with Crippen LogP contribution in [0.2, 0.25) is 0 Å². The van der Waals surface area contributed by atoms with E-state index in [2.05, 4.69) is 20.6 Å². The number of nitrogens with one attached hydrogen (secondary N) is 1. The molecule has 0 unspecified atom stereocenters. The number of amides is 1. The van der Waals surface area contributed by atoms with Crippen LogP contribution in [0.5, 0.6) is 0 Å². The molecular formula is C15H15N5O2S. The number of benzene rings is 1. The van der Waals surface area contributed by atoms with Gasteiger partial charge in [-0.1, -0.05) is 22.8 Å². The highest BCUT2D eigenvalue weighted by Gasteiger charge is 2.13. The van der Waals surface area contributed by atoms with Crippen LogP contribution in [0.4, 0.5) is 6.01 Å². The Morgan fingerprint density at radius 2 is 2.04 bits per heavy atom. The van der Waals surface area contributed by atoms with E-state index in [0.29, 0.717) is 11.6 Å². The van der Waals surface area contributed by atoms with Gasteiger partial charge in [-0.3, -0.25) is 14.8 Å². The van der Waals surface area contributed by atoms with Crippen molar-refractivity contribution in [3.8, 4) is 11.6 Å². The molecule has 0 aliphatic rings. The summed E-state index contributed by atoms with van der Waals surface area (Å²) in [5.74, 6) is 0.384. The minimum absolute atomic E-state index is 0.0794. The Hall–Kier alpha value is -2.61. The number of hydrogen-bond acceptors (Lipinski definition) is 6. The van der Waals surface area contributed by atoms with E-state index in [0.717, 1.165) is 4.90 Å². The fraction of sp³-hybridized carbons (Fsp3) is 0.200. The number of anilines is 1. The number of nitrogens with zero attached hydrogens (tertiary/aromatic N) is 4. The third-order valence-electron chi connectivity index (χ3n) is 3.10. The standard InChI is InChI=1S/C15H15N5O2S/c1-10-3-5-11(6-4-10)23-9-13(21)17-15-19-18-14(22-15)12-7-8-16-20(12)2/h3-8H,9H2,1-2H3,(H,17,19,21). The predicted octanol–water partition coefficient (Wildman–Crippen LogP) is 2.51. The Labute approximate surface area is 137 Å². The minimum Gasteiger partial charge on any atom is -0.401 e. The second-order valence-corrected chi connectivity index (χ2v) is 5.95. The maximum Gasteiger partial charge on any atom is 0.322 e. The third kappa shape index (κ3) is 3.78. The molecule has 23 heavy (non-hydrogen) atoms. The summed E-state index contributed by atoms with van der Waals surface area (Å²) in [6, 6.07) is 9.83. The van der Waals surface area contributed by atoms with Crippen LogP contribution in [0.15, 0.2) is 45.8 Å². The summed E-state index contributed by atoms with van der Waals surface area (Å²) in [5.41, 5.74) is 1.87. The second kappa shape index (κ2) is 6.66. The predicted molar refractivity (Wildman–Crippen MR) is 87.0 cm³/mol. The Morgan fingerprint density at radius 1 is 1.26 bits per heavy atom. The fourth-order valence-corrected chi connectivity index (χ4v) is 2.60. The van der Waals surface area contributed by atoms with Gasteiger partial charge in [-0.2, -0.15) is 5.10 Å². The van der Waals surface area contributed by atoms with Gasteiger partial charge in [-0.25, -0.2) is 0 Å². The van der Waals surface area contributed by atoms with Gasteiger partial charge in [-0.05, 0) is 25.1 Å². The van der Waals surface area contributed by atoms with Crippen molar-refractivity contribution in [3.05, 3.63) is 42.1 Å². The zero-order valence-electron chi connectivity index (χ0n) is 12.7. The van der Waals surface area contributed by atoms with Gasteiger partial charge >= 0.3 is 6.01 Å². The smallest absolute Gasteiger partial charge is 0.322 e. The lowest BCUT2D eigenvalue weighted by molar-refractivity contribution is -0.113. The molecule has 3 aromatic rings. The number of rotatable bonds is 5. The molecule has 1 amide bonds. The Balaban J connectivity index is 1.57. The molecule has 0 saturated heterocycles. The number of aromatic nitrogens is 4. The summed E-state index contributed by atoms with van der Waals surface area (Å²) in [4.78, 5) is 13.0. The van der Waals surface area contributed by atoms with Crippen LogP contribution in [-0.4, -0.2) is 31.6 Å². The first-order valence-corrected chi connectivity index (χ1v) is 7.91. The zero-order valence-corrected chi connectivity index (χ0v) is 13.5. The van der Waals surface area contributed by atoms with E-state index in [9.17, 15) is 4.79 Å². The van der Waals surface area contributed by atoms with Crippen molar-refractivity contribution in [1.82, 2.24) is 20.0 Å². The highest BCUT2D eigenvalue weighted by Crippen LogP contribution is 2.20. The molecule has 7 nitrogen and oxygen atoms in total. The molecule has 1 aromatic carbocycles. The number of thioether (sulfide) groups is 1. The molecule has 118 valence electrons. The molecule has 0 atom stereocenters. The SMILES string of the molecule is Cc1ccc(SCC(=O)Nc2nnc(-c3ccnn3C)o2)cc1. The fourth-order valence-electron chi connectivity index (χ4n) is 1.90. The maximum atomic E-state index is 11.9. The van der Waals surface area contributed by atoms with Crippen molar-refractivity contribution in [1.29, 1.82) is 0 Å². The van der Waals surface area contributed by atoms with E-state index in [1.807, 2.05) is 31.2 Å². The molecule has 0 aliphatic carbocycles. The molecule has 2 heterocycles. The van der Waals surface area contributed by atoms with E-state index in [-0.39, 0.29) is 17.7 Å². The van der Waals surface area contributed by atoms with Gasteiger partial charge in [-0.15, -0.1) is 16.9 Å². The van der Waals surface area contributed by atoms with Gasteiger partial charge in [0.1, 0.15) is 5.69 Å². The van der Waals surface area contributed by atoms with Crippen molar-refractivity contribution in [2.24, 2.45) is 7.05 Å². The van der Waals surface area contributed by atoms with Gasteiger partial charge in [0, 0.05) is 18.1 Å². The normalized spacial score (nSPS) is 10.7. The van der Waals surface area contributed by atoms with E-state index < -0.39 is 0 Å². The molecule has 0 radical (unpaired) electrons. The molecular weight excluding hydrogens is 314 g/mol. The molecule has 0 saturated carbocycles. The highest BCUT2D eigenvalue weighted by molar-refractivity contribution is 8.00. The van der Waals surface area contributed by atoms with Crippen LogP contribution < -0.4 is 5.32 Å². The Morgan fingerprint density at radius 3 is 2.74 bits per heavy atom. The van der Waals surface area contributed by atoms with Gasteiger partial charge < -0.3 is 4.42 Å². The van der Waals surface area contributed by atoms with Gasteiger partial charge in [0.25, 0.3) is 5.89 Å². The van der Waals surface area contributed by atoms with Crippen molar-refractivity contribution in [2.45, 2.75) is 11.8 Å². The lowest BCUT2D eigenvalue weighted by Gasteiger charge is -2.02. The van der Waals surface area contributed by atoms with E-state index in [1.165, 1.54) is 17.3 Å². The maximum absolute atomic E-state index is 11.9. The van der Waals surface area contributed by atoms with Crippen molar-refractivity contribution >= 4 is 23.7 Å². The summed E-state index contributed by atoms with van der Waals surface area (Å²) in [7, 11) is 1.77. The van der Waals surface area contributed by atoms with Crippen LogP contribution in [0.1, 0.15) is 5.56 Å². The van der Waals surface area contributed by atoms with Crippen LogP contribution in [-0.2, 0) is 11.8 Å². The molecule has 2 aromatic heterocycles. The number of hydrogen-bond donors (Lipinski definition) is 1. The molecule has 0 spiro atoms. The number of carbonyl (C=O) groups excluding carboxylic acids is 1. The third-order valence-corrected chi connectivity index (χ3v) is 4.11. The Bertz CT molecular complexity index is 809. The van der Waals surface area contributed by atoms with Crippen molar-refractivity contribution in [3.63, 3.8) is 0 Å². The monoisotopic (exact) mass is 329 g/mol. The topological polar surface area (TPSA) is 85.8 Å². The molecule has 8 heteroatoms. The van der Waals surface area contributed by atoms with Gasteiger partial charge in [0.05, 0.1) is 5.75 Å².